The van der Waals surface area contributed by atoms with Crippen LogP contribution in [0.15, 0.2) is 18.2 Å². The van der Waals surface area contributed by atoms with E-state index in [1.807, 2.05) is 0 Å². The molecule has 0 bridgehead atoms. The standard InChI is InChI=1S/C11H12ClNO3/c1-11(16)5-13(6-11)10(15)8-4-7(14)2-3-9(8)12/h2-4,14,16H,5-6H2,1H3. The molecule has 1 aromatic rings. The molecule has 0 aliphatic carbocycles. The fourth-order valence-corrected chi connectivity index (χ4v) is 1.97. The number of halogens is 1. The van der Waals surface area contributed by atoms with Crippen molar-refractivity contribution in [2.75, 3.05) is 13.1 Å². The van der Waals surface area contributed by atoms with Crippen LogP contribution < -0.4 is 0 Å². The van der Waals surface area contributed by atoms with Crippen molar-refractivity contribution in [1.82, 2.24) is 4.90 Å². The van der Waals surface area contributed by atoms with E-state index in [0.29, 0.717) is 5.02 Å². The lowest BCUT2D eigenvalue weighted by atomic mass is 9.96. The summed E-state index contributed by atoms with van der Waals surface area (Å²) in [4.78, 5) is 13.4. The van der Waals surface area contributed by atoms with E-state index in [1.165, 1.54) is 23.1 Å². The summed E-state index contributed by atoms with van der Waals surface area (Å²) in [5.41, 5.74) is -0.545. The third kappa shape index (κ3) is 1.99. The van der Waals surface area contributed by atoms with Gasteiger partial charge in [-0.2, -0.15) is 0 Å². The van der Waals surface area contributed by atoms with Gasteiger partial charge in [-0.15, -0.1) is 0 Å². The van der Waals surface area contributed by atoms with Gasteiger partial charge in [-0.05, 0) is 25.1 Å². The largest absolute Gasteiger partial charge is 0.508 e. The summed E-state index contributed by atoms with van der Waals surface area (Å²) in [6.07, 6.45) is 0. The number of phenolic OH excluding ortho intramolecular Hbond substituents is 1. The van der Waals surface area contributed by atoms with Crippen LogP contribution in [-0.2, 0) is 0 Å². The highest BCUT2D eigenvalue weighted by Gasteiger charge is 2.40. The van der Waals surface area contributed by atoms with Gasteiger partial charge < -0.3 is 15.1 Å². The number of hydrogen-bond acceptors (Lipinski definition) is 3. The van der Waals surface area contributed by atoms with Crippen LogP contribution in [0.1, 0.15) is 17.3 Å². The molecule has 0 radical (unpaired) electrons. The summed E-state index contributed by atoms with van der Waals surface area (Å²) in [6, 6.07) is 4.23. The van der Waals surface area contributed by atoms with Gasteiger partial charge in [0.05, 0.1) is 29.3 Å². The predicted molar refractivity (Wildman–Crippen MR) is 59.6 cm³/mol. The number of rotatable bonds is 1. The Morgan fingerprint density at radius 1 is 1.50 bits per heavy atom. The molecule has 2 rings (SSSR count). The van der Waals surface area contributed by atoms with E-state index in [0.717, 1.165) is 0 Å². The molecule has 2 N–H and O–H groups in total. The van der Waals surface area contributed by atoms with E-state index in [-0.39, 0.29) is 30.3 Å². The molecule has 1 fully saturated rings. The van der Waals surface area contributed by atoms with Gasteiger partial charge in [0.1, 0.15) is 5.75 Å². The molecule has 5 heteroatoms. The average molecular weight is 242 g/mol. The molecule has 86 valence electrons. The van der Waals surface area contributed by atoms with Gasteiger partial charge in [0, 0.05) is 0 Å². The molecular weight excluding hydrogens is 230 g/mol. The first-order valence-electron chi connectivity index (χ1n) is 4.89. The summed E-state index contributed by atoms with van der Waals surface area (Å²) in [5.74, 6) is -0.271. The smallest absolute Gasteiger partial charge is 0.255 e. The number of aromatic hydroxyl groups is 1. The third-order valence-electron chi connectivity index (χ3n) is 2.53. The minimum Gasteiger partial charge on any atom is -0.508 e. The van der Waals surface area contributed by atoms with E-state index in [2.05, 4.69) is 0 Å². The fraction of sp³-hybridized carbons (Fsp3) is 0.364. The number of nitrogens with zero attached hydrogens (tertiary/aromatic N) is 1. The van der Waals surface area contributed by atoms with Gasteiger partial charge in [-0.1, -0.05) is 11.6 Å². The Kier molecular flexibility index (Phi) is 2.56. The van der Waals surface area contributed by atoms with Crippen molar-refractivity contribution >= 4 is 17.5 Å². The van der Waals surface area contributed by atoms with Crippen molar-refractivity contribution in [3.8, 4) is 5.75 Å². The molecule has 0 spiro atoms. The number of hydrogen-bond donors (Lipinski definition) is 2. The van der Waals surface area contributed by atoms with Gasteiger partial charge in [0.15, 0.2) is 0 Å². The Balaban J connectivity index is 2.19. The van der Waals surface area contributed by atoms with Crippen LogP contribution in [0.2, 0.25) is 5.02 Å². The molecule has 0 unspecified atom stereocenters. The topological polar surface area (TPSA) is 60.8 Å². The van der Waals surface area contributed by atoms with Crippen molar-refractivity contribution < 1.29 is 15.0 Å². The van der Waals surface area contributed by atoms with Crippen molar-refractivity contribution in [2.24, 2.45) is 0 Å². The fourth-order valence-electron chi connectivity index (χ4n) is 1.77. The third-order valence-corrected chi connectivity index (χ3v) is 2.86. The molecule has 1 amide bonds. The van der Waals surface area contributed by atoms with Crippen LogP contribution in [0, 0.1) is 0 Å². The Morgan fingerprint density at radius 2 is 2.12 bits per heavy atom. The Labute approximate surface area is 98.1 Å². The summed E-state index contributed by atoms with van der Waals surface area (Å²) in [7, 11) is 0. The molecule has 1 aromatic carbocycles. The van der Waals surface area contributed by atoms with Crippen molar-refractivity contribution in [3.05, 3.63) is 28.8 Å². The summed E-state index contributed by atoms with van der Waals surface area (Å²) in [5, 5.41) is 19.1. The average Bonchev–Trinajstić information content (AvgIpc) is 2.17. The van der Waals surface area contributed by atoms with Crippen LogP contribution in [0.25, 0.3) is 0 Å². The van der Waals surface area contributed by atoms with Gasteiger partial charge in [0.2, 0.25) is 0 Å². The highest BCUT2D eigenvalue weighted by molar-refractivity contribution is 6.33. The number of amides is 1. The molecule has 1 saturated heterocycles. The maximum absolute atomic E-state index is 11.9. The Bertz CT molecular complexity index is 437. The molecule has 0 atom stereocenters. The van der Waals surface area contributed by atoms with Gasteiger partial charge in [-0.3, -0.25) is 4.79 Å². The summed E-state index contributed by atoms with van der Waals surface area (Å²) in [6.45, 7) is 2.25. The zero-order valence-corrected chi connectivity index (χ0v) is 9.53. The van der Waals surface area contributed by atoms with Crippen LogP contribution >= 0.6 is 11.6 Å². The SMILES string of the molecule is CC1(O)CN(C(=O)c2cc(O)ccc2Cl)C1. The van der Waals surface area contributed by atoms with Crippen molar-refractivity contribution in [1.29, 1.82) is 0 Å². The number of phenols is 1. The molecule has 1 aliphatic rings. The monoisotopic (exact) mass is 241 g/mol. The number of aliphatic hydroxyl groups is 1. The van der Waals surface area contributed by atoms with E-state index in [1.54, 1.807) is 6.92 Å². The number of carbonyl (C=O) groups is 1. The lowest BCUT2D eigenvalue weighted by Crippen LogP contribution is -2.61. The van der Waals surface area contributed by atoms with Crippen LogP contribution in [-0.4, -0.2) is 39.7 Å². The van der Waals surface area contributed by atoms with Crippen LogP contribution in [0.4, 0.5) is 0 Å². The first-order valence-corrected chi connectivity index (χ1v) is 5.27. The highest BCUT2D eigenvalue weighted by Crippen LogP contribution is 2.27. The van der Waals surface area contributed by atoms with Crippen molar-refractivity contribution in [2.45, 2.75) is 12.5 Å². The van der Waals surface area contributed by atoms with Gasteiger partial charge in [-0.25, -0.2) is 0 Å². The van der Waals surface area contributed by atoms with E-state index >= 15 is 0 Å². The normalized spacial score (nSPS) is 18.1. The summed E-state index contributed by atoms with van der Waals surface area (Å²) >= 11 is 5.87. The quantitative estimate of drug-likeness (QED) is 0.778. The minimum atomic E-state index is -0.807. The van der Waals surface area contributed by atoms with Gasteiger partial charge in [0.25, 0.3) is 5.91 Å². The van der Waals surface area contributed by atoms with E-state index in [4.69, 9.17) is 11.6 Å². The van der Waals surface area contributed by atoms with Crippen LogP contribution in [0.5, 0.6) is 5.75 Å². The van der Waals surface area contributed by atoms with Crippen molar-refractivity contribution in [3.63, 3.8) is 0 Å². The molecule has 0 saturated carbocycles. The first-order chi connectivity index (χ1) is 7.39. The minimum absolute atomic E-state index is 0.0000312. The molecule has 4 nitrogen and oxygen atoms in total. The zero-order chi connectivity index (χ0) is 11.9. The maximum atomic E-state index is 11.9. The number of β-amino-alcohol motifs (C(OH)–C–C–N with tert-alkyl or cyclic N) is 1. The second kappa shape index (κ2) is 3.64. The Hall–Kier alpha value is -1.26. The maximum Gasteiger partial charge on any atom is 0.255 e. The molecule has 1 heterocycles. The van der Waals surface area contributed by atoms with Crippen LogP contribution in [0.3, 0.4) is 0 Å². The Morgan fingerprint density at radius 3 is 2.69 bits per heavy atom. The van der Waals surface area contributed by atoms with Gasteiger partial charge >= 0.3 is 0 Å². The second-order valence-corrected chi connectivity index (χ2v) is 4.73. The lowest BCUT2D eigenvalue weighted by Gasteiger charge is -2.44. The predicted octanol–water partition coefficient (Wildman–Crippen LogP) is 1.25. The second-order valence-electron chi connectivity index (χ2n) is 4.32. The molecule has 0 aromatic heterocycles. The zero-order valence-electron chi connectivity index (χ0n) is 8.77. The van der Waals surface area contributed by atoms with E-state index < -0.39 is 5.60 Å². The molecular formula is C11H12ClNO3. The summed E-state index contributed by atoms with van der Waals surface area (Å²) < 4.78 is 0. The highest BCUT2D eigenvalue weighted by atomic mass is 35.5. The first kappa shape index (κ1) is 11.2. The number of likely N-dealkylation sites (tertiary alicyclic amines) is 1. The van der Waals surface area contributed by atoms with E-state index in [9.17, 15) is 15.0 Å². The lowest BCUT2D eigenvalue weighted by molar-refractivity contribution is -0.0668. The number of benzene rings is 1. The number of carbonyl (C=O) groups excluding carboxylic acids is 1. The molecule has 16 heavy (non-hydrogen) atoms. The molecule has 1 aliphatic heterocycles.